The molecule has 0 fully saturated rings. The zero-order valence-electron chi connectivity index (χ0n) is 7.40. The van der Waals surface area contributed by atoms with E-state index in [-0.39, 0.29) is 0 Å². The Bertz CT molecular complexity index is 364. The summed E-state index contributed by atoms with van der Waals surface area (Å²) in [6.45, 7) is 1.95. The fraction of sp³-hybridized carbons (Fsp3) is 0.500. The predicted molar refractivity (Wildman–Crippen MR) is 47.9 cm³/mol. The molecule has 0 spiro atoms. The molecule has 0 aromatic carbocycles. The molecular formula is C8H10N4O. The van der Waals surface area contributed by atoms with E-state index in [1.807, 2.05) is 16.5 Å². The van der Waals surface area contributed by atoms with E-state index in [9.17, 15) is 4.79 Å². The van der Waals surface area contributed by atoms with Gasteiger partial charge in [-0.05, 0) is 6.42 Å². The summed E-state index contributed by atoms with van der Waals surface area (Å²) in [6, 6.07) is 0. The van der Waals surface area contributed by atoms with Gasteiger partial charge in [0.1, 0.15) is 0 Å². The van der Waals surface area contributed by atoms with Gasteiger partial charge in [0.25, 0.3) is 0 Å². The number of hydrogen-bond donors (Lipinski definition) is 0. The molecule has 0 atom stereocenters. The van der Waals surface area contributed by atoms with Crippen molar-refractivity contribution in [1.29, 1.82) is 0 Å². The number of nitrogens with zero attached hydrogens (tertiary/aromatic N) is 4. The first-order chi connectivity index (χ1) is 6.31. The van der Waals surface area contributed by atoms with Crippen molar-refractivity contribution in [2.75, 3.05) is 18.5 Å². The number of fused-ring (bicyclic) bond motifs is 1. The van der Waals surface area contributed by atoms with Crippen molar-refractivity contribution in [1.82, 2.24) is 9.55 Å². The van der Waals surface area contributed by atoms with Crippen LogP contribution in [0, 0.1) is 0 Å². The number of rotatable bonds is 1. The van der Waals surface area contributed by atoms with Gasteiger partial charge in [0.05, 0.1) is 6.20 Å². The third-order valence-electron chi connectivity index (χ3n) is 2.14. The van der Waals surface area contributed by atoms with Gasteiger partial charge in [0.2, 0.25) is 12.0 Å². The lowest BCUT2D eigenvalue weighted by Crippen LogP contribution is -2.27. The molecule has 5 heteroatoms. The van der Waals surface area contributed by atoms with E-state index in [1.165, 1.54) is 6.08 Å². The maximum absolute atomic E-state index is 10.0. The van der Waals surface area contributed by atoms with Crippen molar-refractivity contribution in [3.05, 3.63) is 6.20 Å². The third-order valence-corrected chi connectivity index (χ3v) is 2.14. The molecule has 0 saturated heterocycles. The molecule has 1 aromatic heterocycles. The van der Waals surface area contributed by atoms with E-state index in [2.05, 4.69) is 9.98 Å². The van der Waals surface area contributed by atoms with Crippen LogP contribution in [0.5, 0.6) is 0 Å². The number of carbonyl (C=O) groups excluding carboxylic acids is 1. The normalized spacial score (nSPS) is 15.0. The van der Waals surface area contributed by atoms with Gasteiger partial charge in [-0.2, -0.15) is 4.98 Å². The molecule has 1 aliphatic rings. The minimum absolute atomic E-state index is 0.443. The zero-order valence-corrected chi connectivity index (χ0v) is 7.40. The summed E-state index contributed by atoms with van der Waals surface area (Å²) in [5.74, 6) is 1.32. The van der Waals surface area contributed by atoms with Crippen LogP contribution in [-0.4, -0.2) is 29.2 Å². The Morgan fingerprint density at radius 2 is 2.46 bits per heavy atom. The quantitative estimate of drug-likeness (QED) is 0.469. The van der Waals surface area contributed by atoms with Gasteiger partial charge in [0, 0.05) is 20.1 Å². The fourth-order valence-electron chi connectivity index (χ4n) is 1.54. The van der Waals surface area contributed by atoms with Gasteiger partial charge in [-0.15, -0.1) is 4.99 Å². The topological polar surface area (TPSA) is 50.5 Å². The minimum Gasteiger partial charge on any atom is -0.345 e. The van der Waals surface area contributed by atoms with E-state index in [0.717, 1.165) is 25.5 Å². The van der Waals surface area contributed by atoms with Crippen LogP contribution in [0.25, 0.3) is 0 Å². The molecule has 2 rings (SSSR count). The molecule has 68 valence electrons. The van der Waals surface area contributed by atoms with Crippen LogP contribution in [0.4, 0.5) is 11.8 Å². The first-order valence-electron chi connectivity index (χ1n) is 4.17. The SMILES string of the molecule is CN1CCCn2cc(N=C=O)nc21. The Balaban J connectivity index is 2.41. The average Bonchev–Trinajstić information content (AvgIpc) is 2.49. The highest BCUT2D eigenvalue weighted by atomic mass is 16.1. The predicted octanol–water partition coefficient (Wildman–Crippen LogP) is 0.690. The molecule has 0 amide bonds. The van der Waals surface area contributed by atoms with Crippen LogP contribution < -0.4 is 4.90 Å². The number of aryl methyl sites for hydroxylation is 1. The van der Waals surface area contributed by atoms with Crippen LogP contribution in [0.1, 0.15) is 6.42 Å². The maximum atomic E-state index is 10.0. The van der Waals surface area contributed by atoms with Crippen LogP contribution in [0.2, 0.25) is 0 Å². The number of aliphatic imine (C=N–C) groups is 1. The first-order valence-corrected chi connectivity index (χ1v) is 4.17. The standard InChI is InChI=1S/C8H10N4O/c1-11-3-2-4-12-5-7(9-6-13)10-8(11)12/h5H,2-4H2,1H3. The summed E-state index contributed by atoms with van der Waals surface area (Å²) < 4.78 is 2.00. The van der Waals surface area contributed by atoms with Crippen molar-refractivity contribution in [3.63, 3.8) is 0 Å². The van der Waals surface area contributed by atoms with Gasteiger partial charge in [-0.3, -0.25) is 0 Å². The molecule has 13 heavy (non-hydrogen) atoms. The van der Waals surface area contributed by atoms with Gasteiger partial charge < -0.3 is 9.47 Å². The summed E-state index contributed by atoms with van der Waals surface area (Å²) in [5, 5.41) is 0. The van der Waals surface area contributed by atoms with Crippen LogP contribution in [0.15, 0.2) is 11.2 Å². The molecule has 0 unspecified atom stereocenters. The van der Waals surface area contributed by atoms with Crippen LogP contribution in [0.3, 0.4) is 0 Å². The first kappa shape index (κ1) is 8.01. The largest absolute Gasteiger partial charge is 0.345 e. The zero-order chi connectivity index (χ0) is 9.26. The smallest absolute Gasteiger partial charge is 0.242 e. The molecule has 0 N–H and O–H groups in total. The maximum Gasteiger partial charge on any atom is 0.242 e. The number of imidazole rings is 1. The van der Waals surface area contributed by atoms with Crippen LogP contribution in [-0.2, 0) is 11.3 Å². The number of anilines is 1. The highest BCUT2D eigenvalue weighted by molar-refractivity contribution is 5.48. The van der Waals surface area contributed by atoms with Crippen molar-refractivity contribution >= 4 is 17.8 Å². The molecule has 0 saturated carbocycles. The molecule has 1 aromatic rings. The second-order valence-electron chi connectivity index (χ2n) is 3.07. The van der Waals surface area contributed by atoms with Crippen molar-refractivity contribution in [2.45, 2.75) is 13.0 Å². The Morgan fingerprint density at radius 1 is 1.62 bits per heavy atom. The fourth-order valence-corrected chi connectivity index (χ4v) is 1.54. The van der Waals surface area contributed by atoms with Gasteiger partial charge >= 0.3 is 0 Å². The summed E-state index contributed by atoms with van der Waals surface area (Å²) in [6.07, 6.45) is 4.36. The molecular weight excluding hydrogens is 168 g/mol. The van der Waals surface area contributed by atoms with Crippen LogP contribution >= 0.6 is 0 Å². The lowest BCUT2D eigenvalue weighted by Gasteiger charge is -2.24. The highest BCUT2D eigenvalue weighted by Gasteiger charge is 2.15. The minimum atomic E-state index is 0.443. The molecule has 0 radical (unpaired) electrons. The lowest BCUT2D eigenvalue weighted by molar-refractivity contribution is 0.565. The number of aromatic nitrogens is 2. The Labute approximate surface area is 75.7 Å². The molecule has 1 aliphatic heterocycles. The summed E-state index contributed by atoms with van der Waals surface area (Å²) in [4.78, 5) is 19.7. The monoisotopic (exact) mass is 178 g/mol. The second kappa shape index (κ2) is 3.03. The Morgan fingerprint density at radius 3 is 3.15 bits per heavy atom. The van der Waals surface area contributed by atoms with E-state index in [1.54, 1.807) is 6.20 Å². The van der Waals surface area contributed by atoms with Gasteiger partial charge in [-0.1, -0.05) is 0 Å². The summed E-state index contributed by atoms with van der Waals surface area (Å²) in [5.41, 5.74) is 0. The number of hydrogen-bond acceptors (Lipinski definition) is 4. The highest BCUT2D eigenvalue weighted by Crippen LogP contribution is 2.22. The molecule has 2 heterocycles. The average molecular weight is 178 g/mol. The number of isocyanates is 1. The Kier molecular flexibility index (Phi) is 1.87. The molecule has 0 bridgehead atoms. The summed E-state index contributed by atoms with van der Waals surface area (Å²) >= 11 is 0. The second-order valence-corrected chi connectivity index (χ2v) is 3.07. The van der Waals surface area contributed by atoms with E-state index >= 15 is 0 Å². The van der Waals surface area contributed by atoms with Gasteiger partial charge in [-0.25, -0.2) is 4.79 Å². The molecule has 5 nitrogen and oxygen atoms in total. The van der Waals surface area contributed by atoms with Crippen molar-refractivity contribution < 1.29 is 4.79 Å². The van der Waals surface area contributed by atoms with E-state index in [4.69, 9.17) is 0 Å². The van der Waals surface area contributed by atoms with E-state index in [0.29, 0.717) is 5.82 Å². The Hall–Kier alpha value is -1.61. The van der Waals surface area contributed by atoms with E-state index < -0.39 is 0 Å². The molecule has 0 aliphatic carbocycles. The third kappa shape index (κ3) is 1.34. The van der Waals surface area contributed by atoms with Crippen molar-refractivity contribution in [3.8, 4) is 0 Å². The van der Waals surface area contributed by atoms with Crippen molar-refractivity contribution in [2.24, 2.45) is 4.99 Å². The summed E-state index contributed by atoms with van der Waals surface area (Å²) in [7, 11) is 1.98. The lowest BCUT2D eigenvalue weighted by atomic mass is 10.3. The van der Waals surface area contributed by atoms with Gasteiger partial charge in [0.15, 0.2) is 5.82 Å².